The molecular formula is C22H33N3O3. The zero-order chi connectivity index (χ0) is 20.3. The monoisotopic (exact) mass is 387 g/mol. The van der Waals surface area contributed by atoms with Crippen molar-refractivity contribution < 1.29 is 14.3 Å². The van der Waals surface area contributed by atoms with Crippen LogP contribution in [0.2, 0.25) is 0 Å². The van der Waals surface area contributed by atoms with Crippen LogP contribution in [0, 0.1) is 12.8 Å². The van der Waals surface area contributed by atoms with Gasteiger partial charge in [0.1, 0.15) is 5.75 Å². The summed E-state index contributed by atoms with van der Waals surface area (Å²) >= 11 is 0. The third kappa shape index (κ3) is 4.17. The third-order valence-corrected chi connectivity index (χ3v) is 6.45. The molecule has 1 aromatic rings. The van der Waals surface area contributed by atoms with Crippen LogP contribution in [0.15, 0.2) is 18.2 Å². The van der Waals surface area contributed by atoms with E-state index in [2.05, 4.69) is 24.3 Å². The van der Waals surface area contributed by atoms with Gasteiger partial charge in [0.05, 0.1) is 18.7 Å². The van der Waals surface area contributed by atoms with Crippen molar-refractivity contribution in [3.8, 4) is 5.75 Å². The zero-order valence-corrected chi connectivity index (χ0v) is 17.6. The molecule has 6 heteroatoms. The summed E-state index contributed by atoms with van der Waals surface area (Å²) in [7, 11) is 5.80. The minimum atomic E-state index is -0.319. The fourth-order valence-electron chi connectivity index (χ4n) is 4.51. The van der Waals surface area contributed by atoms with Crippen LogP contribution in [-0.4, -0.2) is 56.5 Å². The Balaban J connectivity index is 1.66. The lowest BCUT2D eigenvalue weighted by Crippen LogP contribution is -2.54. The number of anilines is 1. The summed E-state index contributed by atoms with van der Waals surface area (Å²) in [6.45, 7) is 3.04. The van der Waals surface area contributed by atoms with Crippen molar-refractivity contribution in [2.75, 3.05) is 39.2 Å². The number of carbonyl (C=O) groups is 2. The van der Waals surface area contributed by atoms with Crippen molar-refractivity contribution in [3.05, 3.63) is 23.8 Å². The lowest BCUT2D eigenvalue weighted by atomic mass is 9.80. The number of ether oxygens (including phenoxy) is 1. The predicted octanol–water partition coefficient (Wildman–Crippen LogP) is 2.74. The molecule has 3 rings (SSSR count). The number of carbonyl (C=O) groups excluding carboxylic acids is 2. The molecule has 1 aromatic carbocycles. The van der Waals surface area contributed by atoms with Gasteiger partial charge in [-0.05, 0) is 51.6 Å². The van der Waals surface area contributed by atoms with Crippen molar-refractivity contribution in [1.29, 1.82) is 0 Å². The normalized spacial score (nSPS) is 21.8. The van der Waals surface area contributed by atoms with Crippen molar-refractivity contribution in [1.82, 2.24) is 10.2 Å². The molecule has 0 radical (unpaired) electrons. The number of nitrogens with zero attached hydrogens (tertiary/aromatic N) is 2. The Labute approximate surface area is 168 Å². The van der Waals surface area contributed by atoms with Crippen molar-refractivity contribution in [2.24, 2.45) is 5.92 Å². The number of benzene rings is 1. The molecule has 2 amide bonds. The quantitative estimate of drug-likeness (QED) is 0.815. The number of hydrogen-bond donors (Lipinski definition) is 1. The van der Waals surface area contributed by atoms with Gasteiger partial charge in [-0.2, -0.15) is 0 Å². The number of nitrogens with one attached hydrogen (secondary N) is 1. The smallest absolute Gasteiger partial charge is 0.227 e. The second-order valence-corrected chi connectivity index (χ2v) is 8.48. The lowest BCUT2D eigenvalue weighted by Gasteiger charge is -2.43. The summed E-state index contributed by atoms with van der Waals surface area (Å²) in [6.07, 6.45) is 6.15. The van der Waals surface area contributed by atoms with Crippen LogP contribution in [0.25, 0.3) is 0 Å². The van der Waals surface area contributed by atoms with Crippen molar-refractivity contribution in [3.63, 3.8) is 0 Å². The average molecular weight is 388 g/mol. The lowest BCUT2D eigenvalue weighted by molar-refractivity contribution is -0.127. The maximum absolute atomic E-state index is 12.9. The van der Waals surface area contributed by atoms with Gasteiger partial charge in [-0.25, -0.2) is 0 Å². The Morgan fingerprint density at radius 3 is 2.64 bits per heavy atom. The van der Waals surface area contributed by atoms with Crippen LogP contribution in [0.4, 0.5) is 5.69 Å². The molecule has 0 aromatic heterocycles. The molecule has 1 aliphatic heterocycles. The van der Waals surface area contributed by atoms with Crippen LogP contribution in [0.1, 0.15) is 44.1 Å². The molecule has 2 fully saturated rings. The van der Waals surface area contributed by atoms with E-state index in [1.165, 1.54) is 19.3 Å². The molecule has 0 bridgehead atoms. The zero-order valence-electron chi connectivity index (χ0n) is 17.6. The van der Waals surface area contributed by atoms with Crippen LogP contribution < -0.4 is 15.0 Å². The van der Waals surface area contributed by atoms with Crippen molar-refractivity contribution >= 4 is 17.5 Å². The van der Waals surface area contributed by atoms with E-state index in [-0.39, 0.29) is 29.7 Å². The number of aryl methyl sites for hydroxylation is 1. The molecule has 1 aliphatic carbocycles. The maximum atomic E-state index is 12.9. The molecular weight excluding hydrogens is 354 g/mol. The van der Waals surface area contributed by atoms with Crippen molar-refractivity contribution in [2.45, 2.75) is 51.0 Å². The van der Waals surface area contributed by atoms with Gasteiger partial charge < -0.3 is 19.9 Å². The van der Waals surface area contributed by atoms with E-state index in [1.54, 1.807) is 12.0 Å². The van der Waals surface area contributed by atoms with Gasteiger partial charge >= 0.3 is 0 Å². The van der Waals surface area contributed by atoms with Gasteiger partial charge in [-0.15, -0.1) is 0 Å². The molecule has 6 nitrogen and oxygen atoms in total. The SMILES string of the molecule is COc1ccc(C)cc1N1C[C@H](C(=O)NCC2(N(C)C)CCCCC2)CC1=O. The van der Waals surface area contributed by atoms with E-state index < -0.39 is 0 Å². The molecule has 154 valence electrons. The highest BCUT2D eigenvalue weighted by atomic mass is 16.5. The van der Waals surface area contributed by atoms with Gasteiger partial charge in [0.2, 0.25) is 11.8 Å². The van der Waals surface area contributed by atoms with E-state index >= 15 is 0 Å². The van der Waals surface area contributed by atoms with E-state index in [4.69, 9.17) is 4.74 Å². The summed E-state index contributed by atoms with van der Waals surface area (Å²) < 4.78 is 5.42. The predicted molar refractivity (Wildman–Crippen MR) is 111 cm³/mol. The van der Waals surface area contributed by atoms with E-state index in [9.17, 15) is 9.59 Å². The summed E-state index contributed by atoms with van der Waals surface area (Å²) in [5, 5.41) is 3.16. The molecule has 0 unspecified atom stereocenters. The largest absolute Gasteiger partial charge is 0.495 e. The Morgan fingerprint density at radius 1 is 1.29 bits per heavy atom. The second-order valence-electron chi connectivity index (χ2n) is 8.48. The summed E-state index contributed by atoms with van der Waals surface area (Å²) in [4.78, 5) is 29.4. The maximum Gasteiger partial charge on any atom is 0.227 e. The minimum Gasteiger partial charge on any atom is -0.495 e. The van der Waals surface area contributed by atoms with E-state index in [0.717, 1.165) is 24.1 Å². The van der Waals surface area contributed by atoms with Gasteiger partial charge in [0.15, 0.2) is 0 Å². The van der Waals surface area contributed by atoms with Gasteiger partial charge in [-0.3, -0.25) is 9.59 Å². The molecule has 0 spiro atoms. The minimum absolute atomic E-state index is 0.0192. The molecule has 1 saturated carbocycles. The number of rotatable bonds is 6. The third-order valence-electron chi connectivity index (χ3n) is 6.45. The van der Waals surface area contributed by atoms with Crippen LogP contribution in [-0.2, 0) is 9.59 Å². The van der Waals surface area contributed by atoms with Gasteiger partial charge in [0, 0.05) is 25.0 Å². The van der Waals surface area contributed by atoms with Gasteiger partial charge in [0.25, 0.3) is 0 Å². The standard InChI is InChI=1S/C22H33N3O3/c1-16-8-9-19(28-4)18(12-16)25-14-17(13-20(25)26)21(27)23-15-22(24(2)3)10-6-5-7-11-22/h8-9,12,17H,5-7,10-11,13-15H2,1-4H3,(H,23,27)/t17-/m1/s1. The fourth-order valence-corrected chi connectivity index (χ4v) is 4.51. The molecule has 1 heterocycles. The van der Waals surface area contributed by atoms with E-state index in [0.29, 0.717) is 18.8 Å². The van der Waals surface area contributed by atoms with Crippen LogP contribution in [0.5, 0.6) is 5.75 Å². The van der Waals surface area contributed by atoms with Crippen LogP contribution >= 0.6 is 0 Å². The number of hydrogen-bond acceptors (Lipinski definition) is 4. The number of methoxy groups -OCH3 is 1. The number of amides is 2. The first-order chi connectivity index (χ1) is 13.4. The number of likely N-dealkylation sites (N-methyl/N-ethyl adjacent to an activating group) is 1. The summed E-state index contributed by atoms with van der Waals surface area (Å²) in [5.41, 5.74) is 1.84. The Bertz CT molecular complexity index is 726. The first-order valence-electron chi connectivity index (χ1n) is 10.3. The summed E-state index contributed by atoms with van der Waals surface area (Å²) in [5.74, 6) is 0.299. The first kappa shape index (κ1) is 20.6. The Morgan fingerprint density at radius 2 is 2.00 bits per heavy atom. The topological polar surface area (TPSA) is 61.9 Å². The fraction of sp³-hybridized carbons (Fsp3) is 0.636. The highest BCUT2D eigenvalue weighted by molar-refractivity contribution is 6.01. The van der Waals surface area contributed by atoms with E-state index in [1.807, 2.05) is 25.1 Å². The summed E-state index contributed by atoms with van der Waals surface area (Å²) in [6, 6.07) is 5.77. The average Bonchev–Trinajstić information content (AvgIpc) is 3.08. The molecule has 28 heavy (non-hydrogen) atoms. The molecule has 1 N–H and O–H groups in total. The highest BCUT2D eigenvalue weighted by Gasteiger charge is 2.39. The van der Waals surface area contributed by atoms with Crippen LogP contribution in [0.3, 0.4) is 0 Å². The second kappa shape index (κ2) is 8.52. The Kier molecular flexibility index (Phi) is 6.28. The first-order valence-corrected chi connectivity index (χ1v) is 10.3. The van der Waals surface area contributed by atoms with Gasteiger partial charge in [-0.1, -0.05) is 25.3 Å². The Hall–Kier alpha value is -2.08. The molecule has 1 atom stereocenters. The molecule has 1 saturated heterocycles. The highest BCUT2D eigenvalue weighted by Crippen LogP contribution is 2.35. The molecule has 2 aliphatic rings.